The third-order valence-electron chi connectivity index (χ3n) is 5.98. The maximum absolute atomic E-state index is 12.6. The standard InChI is InChI=1S/C20H30N2O.ClH/c1-13-5-3-6-15(9-13)14(2)12-22-20(23)18-10-16-7-4-8-17(11-18)19(16)21;/h3,5-6,9,14,16-19H,4,7-8,10-12,21H2,1-2H3,(H,22,23);1H. The Morgan fingerprint density at radius 2 is 1.96 bits per heavy atom. The quantitative estimate of drug-likeness (QED) is 0.868. The Hall–Kier alpha value is -1.06. The highest BCUT2D eigenvalue weighted by molar-refractivity contribution is 5.85. The van der Waals surface area contributed by atoms with Gasteiger partial charge in [0.1, 0.15) is 0 Å². The number of hydrogen-bond acceptors (Lipinski definition) is 2. The molecule has 1 aromatic carbocycles. The molecule has 134 valence electrons. The number of nitrogens with two attached hydrogens (primary N) is 1. The van der Waals surface area contributed by atoms with Crippen molar-refractivity contribution in [2.45, 2.75) is 57.9 Å². The molecule has 2 fully saturated rings. The molecule has 3 atom stereocenters. The van der Waals surface area contributed by atoms with E-state index < -0.39 is 0 Å². The lowest BCUT2D eigenvalue weighted by Crippen LogP contribution is -2.49. The van der Waals surface area contributed by atoms with Crippen LogP contribution in [-0.2, 0) is 4.79 Å². The van der Waals surface area contributed by atoms with Crippen LogP contribution in [-0.4, -0.2) is 18.5 Å². The molecule has 1 amide bonds. The maximum atomic E-state index is 12.6. The van der Waals surface area contributed by atoms with Crippen molar-refractivity contribution in [3.8, 4) is 0 Å². The van der Waals surface area contributed by atoms with Gasteiger partial charge in [-0.15, -0.1) is 12.4 Å². The minimum atomic E-state index is 0. The molecule has 0 radical (unpaired) electrons. The van der Waals surface area contributed by atoms with Gasteiger partial charge in [-0.25, -0.2) is 0 Å². The van der Waals surface area contributed by atoms with E-state index in [1.807, 2.05) is 0 Å². The molecule has 0 saturated heterocycles. The summed E-state index contributed by atoms with van der Waals surface area (Å²) in [6, 6.07) is 8.89. The van der Waals surface area contributed by atoms with Crippen LogP contribution in [0.3, 0.4) is 0 Å². The first kappa shape index (κ1) is 19.3. The van der Waals surface area contributed by atoms with Gasteiger partial charge in [0, 0.05) is 18.5 Å². The third-order valence-corrected chi connectivity index (χ3v) is 5.98. The number of rotatable bonds is 4. The highest BCUT2D eigenvalue weighted by Gasteiger charge is 2.40. The summed E-state index contributed by atoms with van der Waals surface area (Å²) in [6.07, 6.45) is 5.69. The van der Waals surface area contributed by atoms with Gasteiger partial charge in [-0.1, -0.05) is 43.2 Å². The number of benzene rings is 1. The largest absolute Gasteiger partial charge is 0.355 e. The summed E-state index contributed by atoms with van der Waals surface area (Å²) in [5.74, 6) is 1.90. The van der Waals surface area contributed by atoms with Gasteiger partial charge in [0.25, 0.3) is 0 Å². The van der Waals surface area contributed by atoms with Crippen molar-refractivity contribution >= 4 is 18.3 Å². The predicted molar refractivity (Wildman–Crippen MR) is 101 cm³/mol. The van der Waals surface area contributed by atoms with Crippen molar-refractivity contribution in [3.05, 3.63) is 35.4 Å². The van der Waals surface area contributed by atoms with Gasteiger partial charge in [0.2, 0.25) is 5.91 Å². The molecule has 0 aliphatic heterocycles. The van der Waals surface area contributed by atoms with Gasteiger partial charge in [0.15, 0.2) is 0 Å². The molecule has 3 unspecified atom stereocenters. The summed E-state index contributed by atoms with van der Waals surface area (Å²) in [6.45, 7) is 5.01. The molecule has 2 bridgehead atoms. The van der Waals surface area contributed by atoms with Crippen LogP contribution in [0.25, 0.3) is 0 Å². The van der Waals surface area contributed by atoms with Gasteiger partial charge in [0.05, 0.1) is 0 Å². The van der Waals surface area contributed by atoms with Gasteiger partial charge >= 0.3 is 0 Å². The van der Waals surface area contributed by atoms with Crippen LogP contribution in [0.2, 0.25) is 0 Å². The van der Waals surface area contributed by atoms with Crippen LogP contribution in [0.4, 0.5) is 0 Å². The number of carbonyl (C=O) groups excluding carboxylic acids is 1. The second-order valence-corrected chi connectivity index (χ2v) is 7.76. The van der Waals surface area contributed by atoms with E-state index in [4.69, 9.17) is 5.73 Å². The Bertz CT molecular complexity index is 548. The number of aryl methyl sites for hydroxylation is 1. The van der Waals surface area contributed by atoms with Crippen molar-refractivity contribution in [1.29, 1.82) is 0 Å². The lowest BCUT2D eigenvalue weighted by atomic mass is 9.65. The average molecular weight is 351 g/mol. The van der Waals surface area contributed by atoms with Gasteiger partial charge in [-0.05, 0) is 55.9 Å². The van der Waals surface area contributed by atoms with Crippen LogP contribution in [0, 0.1) is 24.7 Å². The molecule has 24 heavy (non-hydrogen) atoms. The number of nitrogens with one attached hydrogen (secondary N) is 1. The fourth-order valence-corrected chi connectivity index (χ4v) is 4.50. The summed E-state index contributed by atoms with van der Waals surface area (Å²) in [5.41, 5.74) is 8.90. The molecule has 4 heteroatoms. The Kier molecular flexibility index (Phi) is 6.70. The Labute approximate surface area is 152 Å². The second kappa shape index (κ2) is 8.35. The topological polar surface area (TPSA) is 55.1 Å². The first-order valence-electron chi connectivity index (χ1n) is 9.14. The summed E-state index contributed by atoms with van der Waals surface area (Å²) >= 11 is 0. The van der Waals surface area contributed by atoms with Crippen LogP contribution in [0.1, 0.15) is 56.1 Å². The van der Waals surface area contributed by atoms with E-state index >= 15 is 0 Å². The van der Waals surface area contributed by atoms with Crippen molar-refractivity contribution in [1.82, 2.24) is 5.32 Å². The highest BCUT2D eigenvalue weighted by Crippen LogP contribution is 2.41. The normalized spacial score (nSPS) is 30.1. The monoisotopic (exact) mass is 350 g/mol. The Morgan fingerprint density at radius 3 is 2.58 bits per heavy atom. The number of hydrogen-bond donors (Lipinski definition) is 2. The number of fused-ring (bicyclic) bond motifs is 2. The molecular weight excluding hydrogens is 320 g/mol. The fraction of sp³-hybridized carbons (Fsp3) is 0.650. The van der Waals surface area contributed by atoms with Crippen LogP contribution in [0.5, 0.6) is 0 Å². The predicted octanol–water partition coefficient (Wildman–Crippen LogP) is 3.79. The summed E-state index contributed by atoms with van der Waals surface area (Å²) in [5, 5.41) is 3.19. The molecule has 1 aromatic rings. The van der Waals surface area contributed by atoms with E-state index in [9.17, 15) is 4.79 Å². The smallest absolute Gasteiger partial charge is 0.223 e. The van der Waals surface area contributed by atoms with E-state index in [-0.39, 0.29) is 24.2 Å². The lowest BCUT2D eigenvalue weighted by molar-refractivity contribution is -0.127. The molecule has 2 saturated carbocycles. The molecule has 0 spiro atoms. The van der Waals surface area contributed by atoms with E-state index in [0.29, 0.717) is 23.8 Å². The highest BCUT2D eigenvalue weighted by atomic mass is 35.5. The second-order valence-electron chi connectivity index (χ2n) is 7.76. The van der Waals surface area contributed by atoms with Gasteiger partial charge in [-0.2, -0.15) is 0 Å². The minimum absolute atomic E-state index is 0. The summed E-state index contributed by atoms with van der Waals surface area (Å²) < 4.78 is 0. The molecule has 2 aliphatic rings. The zero-order valence-electron chi connectivity index (χ0n) is 14.8. The van der Waals surface area contributed by atoms with E-state index in [2.05, 4.69) is 43.4 Å². The van der Waals surface area contributed by atoms with E-state index in [1.165, 1.54) is 30.4 Å². The fourth-order valence-electron chi connectivity index (χ4n) is 4.50. The molecule has 3 N–H and O–H groups in total. The average Bonchev–Trinajstić information content (AvgIpc) is 2.52. The van der Waals surface area contributed by atoms with Crippen molar-refractivity contribution in [3.63, 3.8) is 0 Å². The Morgan fingerprint density at radius 1 is 1.29 bits per heavy atom. The number of halogens is 1. The van der Waals surface area contributed by atoms with Crippen molar-refractivity contribution < 1.29 is 4.79 Å². The van der Waals surface area contributed by atoms with E-state index in [0.717, 1.165) is 19.4 Å². The zero-order valence-corrected chi connectivity index (χ0v) is 15.6. The summed E-state index contributed by atoms with van der Waals surface area (Å²) in [4.78, 5) is 12.6. The van der Waals surface area contributed by atoms with Crippen LogP contribution < -0.4 is 11.1 Å². The molecule has 2 aliphatic carbocycles. The number of carbonyl (C=O) groups is 1. The van der Waals surface area contributed by atoms with E-state index in [1.54, 1.807) is 0 Å². The van der Waals surface area contributed by atoms with Crippen LogP contribution >= 0.6 is 12.4 Å². The molecule has 3 rings (SSSR count). The number of amides is 1. The van der Waals surface area contributed by atoms with Gasteiger partial charge in [-0.3, -0.25) is 4.79 Å². The van der Waals surface area contributed by atoms with Crippen LogP contribution in [0.15, 0.2) is 24.3 Å². The molecule has 0 aromatic heterocycles. The first-order chi connectivity index (χ1) is 11.0. The SMILES string of the molecule is Cc1cccc(C(C)CNC(=O)C2CC3CCCC(C2)C3N)c1.Cl. The van der Waals surface area contributed by atoms with Crippen molar-refractivity contribution in [2.24, 2.45) is 23.5 Å². The molecular formula is C20H31ClN2O. The van der Waals surface area contributed by atoms with Crippen molar-refractivity contribution in [2.75, 3.05) is 6.54 Å². The minimum Gasteiger partial charge on any atom is -0.355 e. The summed E-state index contributed by atoms with van der Waals surface area (Å²) in [7, 11) is 0. The molecule has 0 heterocycles. The Balaban J connectivity index is 0.00000208. The first-order valence-corrected chi connectivity index (χ1v) is 9.14. The lowest BCUT2D eigenvalue weighted by Gasteiger charge is -2.43. The third kappa shape index (κ3) is 4.31. The van der Waals surface area contributed by atoms with Gasteiger partial charge < -0.3 is 11.1 Å². The maximum Gasteiger partial charge on any atom is 0.223 e. The molecule has 3 nitrogen and oxygen atoms in total. The zero-order chi connectivity index (χ0) is 16.4.